The predicted octanol–water partition coefficient (Wildman–Crippen LogP) is 1.24. The second-order valence-corrected chi connectivity index (χ2v) is 8.12. The lowest BCUT2D eigenvalue weighted by atomic mass is 9.96. The molecular formula is C13H21ClN2O5S2. The van der Waals surface area contributed by atoms with Crippen LogP contribution in [0.1, 0.15) is 23.0 Å². The van der Waals surface area contributed by atoms with Crippen molar-refractivity contribution in [2.24, 2.45) is 5.92 Å². The number of carbonyl (C=O) groups is 1. The summed E-state index contributed by atoms with van der Waals surface area (Å²) in [6.45, 7) is 3.48. The van der Waals surface area contributed by atoms with Gasteiger partial charge in [0, 0.05) is 18.7 Å². The molecule has 0 aromatic carbocycles. The number of sulfonamides is 1. The van der Waals surface area contributed by atoms with Gasteiger partial charge < -0.3 is 14.8 Å². The van der Waals surface area contributed by atoms with Crippen LogP contribution in [0, 0.1) is 5.92 Å². The highest BCUT2D eigenvalue weighted by atomic mass is 35.5. The maximum Gasteiger partial charge on any atom is 0.348 e. The van der Waals surface area contributed by atoms with Crippen molar-refractivity contribution >= 4 is 39.7 Å². The van der Waals surface area contributed by atoms with Gasteiger partial charge in [-0.25, -0.2) is 17.9 Å². The minimum Gasteiger partial charge on any atom is -0.494 e. The molecule has 7 nitrogen and oxygen atoms in total. The molecule has 23 heavy (non-hydrogen) atoms. The van der Waals surface area contributed by atoms with Crippen molar-refractivity contribution in [3.63, 3.8) is 0 Å². The van der Waals surface area contributed by atoms with Crippen molar-refractivity contribution in [3.05, 3.63) is 10.9 Å². The van der Waals surface area contributed by atoms with E-state index in [0.29, 0.717) is 6.54 Å². The van der Waals surface area contributed by atoms with Crippen LogP contribution in [0.5, 0.6) is 5.75 Å². The van der Waals surface area contributed by atoms with E-state index in [1.54, 1.807) is 0 Å². The van der Waals surface area contributed by atoms with Crippen molar-refractivity contribution < 1.29 is 22.7 Å². The van der Waals surface area contributed by atoms with E-state index in [9.17, 15) is 13.2 Å². The van der Waals surface area contributed by atoms with E-state index in [1.165, 1.54) is 20.3 Å². The molecule has 0 spiro atoms. The third kappa shape index (κ3) is 4.57. The third-order valence-corrected chi connectivity index (χ3v) is 6.75. The molecule has 0 bridgehead atoms. The average molecular weight is 385 g/mol. The fraction of sp³-hybridized carbons (Fsp3) is 0.615. The van der Waals surface area contributed by atoms with E-state index in [1.807, 2.05) is 6.92 Å². The Bertz CT molecular complexity index is 647. The Hall–Kier alpha value is -0.870. The molecule has 1 aliphatic heterocycles. The lowest BCUT2D eigenvalue weighted by Crippen LogP contribution is -2.49. The second kappa shape index (κ2) is 8.29. The highest BCUT2D eigenvalue weighted by Gasteiger charge is 2.31. The monoisotopic (exact) mass is 384 g/mol. The van der Waals surface area contributed by atoms with Gasteiger partial charge in [-0.15, -0.1) is 23.7 Å². The molecule has 2 N–H and O–H groups in total. The average Bonchev–Trinajstić information content (AvgIpc) is 2.94. The van der Waals surface area contributed by atoms with Crippen molar-refractivity contribution in [3.8, 4) is 5.75 Å². The van der Waals surface area contributed by atoms with Crippen LogP contribution in [0.25, 0.3) is 0 Å². The quantitative estimate of drug-likeness (QED) is 0.742. The van der Waals surface area contributed by atoms with Crippen molar-refractivity contribution in [2.45, 2.75) is 23.6 Å². The van der Waals surface area contributed by atoms with Crippen LogP contribution in [0.15, 0.2) is 10.3 Å². The van der Waals surface area contributed by atoms with Gasteiger partial charge >= 0.3 is 5.97 Å². The summed E-state index contributed by atoms with van der Waals surface area (Å²) < 4.78 is 37.6. The molecule has 0 saturated carbocycles. The molecule has 1 aromatic rings. The maximum atomic E-state index is 12.6. The van der Waals surface area contributed by atoms with Gasteiger partial charge in [0.15, 0.2) is 9.96 Å². The van der Waals surface area contributed by atoms with Gasteiger partial charge in [-0.1, -0.05) is 6.92 Å². The standard InChI is InChI=1S/C13H20N2O5S2.ClH/c1-8-4-5-14-7-9(8)15-22(17,18)13-10(19-2)6-11(21-13)12(16)20-3;/h6,8-9,14-15H,4-5,7H2,1-3H3;1H. The van der Waals surface area contributed by atoms with Crippen molar-refractivity contribution in [2.75, 3.05) is 27.3 Å². The minimum absolute atomic E-state index is 0. The van der Waals surface area contributed by atoms with Crippen molar-refractivity contribution in [1.29, 1.82) is 0 Å². The summed E-state index contributed by atoms with van der Waals surface area (Å²) in [6, 6.07) is 1.19. The first-order valence-electron chi connectivity index (χ1n) is 6.88. The van der Waals surface area contributed by atoms with Gasteiger partial charge in [0.25, 0.3) is 10.0 Å². The Morgan fingerprint density at radius 2 is 2.13 bits per heavy atom. The molecule has 0 aliphatic carbocycles. The Balaban J connectivity index is 0.00000264. The number of nitrogens with one attached hydrogen (secondary N) is 2. The molecule has 1 aliphatic rings. The summed E-state index contributed by atoms with van der Waals surface area (Å²) in [5.74, 6) is -0.200. The molecule has 10 heteroatoms. The number of methoxy groups -OCH3 is 2. The van der Waals surface area contributed by atoms with Crippen molar-refractivity contribution in [1.82, 2.24) is 10.0 Å². The molecule has 2 rings (SSSR count). The Kier molecular flexibility index (Phi) is 7.28. The van der Waals surface area contributed by atoms with Gasteiger partial charge in [-0.05, 0) is 18.9 Å². The van der Waals surface area contributed by atoms with E-state index in [4.69, 9.17) is 4.74 Å². The van der Waals surface area contributed by atoms with Gasteiger partial charge in [-0.2, -0.15) is 0 Å². The molecule has 0 radical (unpaired) electrons. The Morgan fingerprint density at radius 1 is 1.43 bits per heavy atom. The highest BCUT2D eigenvalue weighted by Crippen LogP contribution is 2.34. The summed E-state index contributed by atoms with van der Waals surface area (Å²) in [4.78, 5) is 11.8. The van der Waals surface area contributed by atoms with Crippen LogP contribution >= 0.6 is 23.7 Å². The van der Waals surface area contributed by atoms with Gasteiger partial charge in [0.2, 0.25) is 0 Å². The number of piperidine rings is 1. The summed E-state index contributed by atoms with van der Waals surface area (Å²) in [6.07, 6.45) is 0.905. The molecule has 2 atom stereocenters. The normalized spacial score (nSPS) is 21.3. The predicted molar refractivity (Wildman–Crippen MR) is 90.2 cm³/mol. The molecule has 2 unspecified atom stereocenters. The highest BCUT2D eigenvalue weighted by molar-refractivity contribution is 7.91. The van der Waals surface area contributed by atoms with E-state index < -0.39 is 16.0 Å². The number of rotatable bonds is 5. The van der Waals surface area contributed by atoms with Gasteiger partial charge in [-0.3, -0.25) is 0 Å². The van der Waals surface area contributed by atoms with Gasteiger partial charge in [0.1, 0.15) is 4.88 Å². The summed E-state index contributed by atoms with van der Waals surface area (Å²) in [5, 5.41) is 3.17. The fourth-order valence-electron chi connectivity index (χ4n) is 2.29. The van der Waals surface area contributed by atoms with Crippen LogP contribution in [0.2, 0.25) is 0 Å². The zero-order valence-electron chi connectivity index (χ0n) is 13.1. The third-order valence-electron chi connectivity index (χ3n) is 3.65. The molecular weight excluding hydrogens is 364 g/mol. The number of thiophene rings is 1. The lowest BCUT2D eigenvalue weighted by molar-refractivity contribution is 0.0606. The van der Waals surface area contributed by atoms with Crippen LogP contribution in [0.4, 0.5) is 0 Å². The molecule has 1 saturated heterocycles. The number of ether oxygens (including phenoxy) is 2. The van der Waals surface area contributed by atoms with Crippen LogP contribution in [-0.4, -0.2) is 47.7 Å². The first-order chi connectivity index (χ1) is 10.4. The zero-order valence-corrected chi connectivity index (χ0v) is 15.6. The zero-order chi connectivity index (χ0) is 16.3. The number of hydrogen-bond acceptors (Lipinski definition) is 7. The SMILES string of the molecule is COC(=O)c1cc(OC)c(S(=O)(=O)NC2CNCCC2C)s1.Cl. The topological polar surface area (TPSA) is 93.7 Å². The summed E-state index contributed by atoms with van der Waals surface area (Å²) in [5.41, 5.74) is 0. The summed E-state index contributed by atoms with van der Waals surface area (Å²) >= 11 is 0.843. The van der Waals surface area contributed by atoms with E-state index in [0.717, 1.165) is 24.3 Å². The first kappa shape index (κ1) is 20.2. The van der Waals surface area contributed by atoms with E-state index >= 15 is 0 Å². The number of halogens is 1. The molecule has 1 fully saturated rings. The molecule has 0 amide bonds. The van der Waals surface area contributed by atoms with E-state index in [-0.39, 0.29) is 39.2 Å². The Labute approximate surface area is 146 Å². The maximum absolute atomic E-state index is 12.6. The smallest absolute Gasteiger partial charge is 0.348 e. The fourth-order valence-corrected chi connectivity index (χ4v) is 5.14. The lowest BCUT2D eigenvalue weighted by Gasteiger charge is -2.29. The van der Waals surface area contributed by atoms with Crippen LogP contribution in [0.3, 0.4) is 0 Å². The number of hydrogen-bond donors (Lipinski definition) is 2. The number of carbonyl (C=O) groups excluding carboxylic acids is 1. The van der Waals surface area contributed by atoms with E-state index in [2.05, 4.69) is 14.8 Å². The summed E-state index contributed by atoms with van der Waals surface area (Å²) in [7, 11) is -1.15. The molecule has 2 heterocycles. The first-order valence-corrected chi connectivity index (χ1v) is 9.18. The number of esters is 1. The van der Waals surface area contributed by atoms with Crippen LogP contribution in [-0.2, 0) is 14.8 Å². The Morgan fingerprint density at radius 3 is 2.70 bits per heavy atom. The largest absolute Gasteiger partial charge is 0.494 e. The second-order valence-electron chi connectivity index (χ2n) is 5.16. The molecule has 132 valence electrons. The molecule has 1 aromatic heterocycles. The minimum atomic E-state index is -3.76. The van der Waals surface area contributed by atoms with Gasteiger partial charge in [0.05, 0.1) is 14.2 Å². The van der Waals surface area contributed by atoms with Crippen LogP contribution < -0.4 is 14.8 Å².